The SMILES string of the molecule is COC(/C=C/CBr)(OC)C(O)c1ccccc1. The quantitative estimate of drug-likeness (QED) is 0.499. The number of rotatable bonds is 6. The monoisotopic (exact) mass is 300 g/mol. The number of hydrogen-bond acceptors (Lipinski definition) is 3. The van der Waals surface area contributed by atoms with Crippen molar-refractivity contribution < 1.29 is 14.6 Å². The number of aliphatic hydroxyl groups excluding tert-OH is 1. The van der Waals surface area contributed by atoms with E-state index in [9.17, 15) is 5.11 Å². The first-order chi connectivity index (χ1) is 8.20. The third-order valence-corrected chi connectivity index (χ3v) is 2.95. The van der Waals surface area contributed by atoms with E-state index < -0.39 is 11.9 Å². The van der Waals surface area contributed by atoms with Crippen molar-refractivity contribution in [1.29, 1.82) is 0 Å². The molecule has 1 N–H and O–H groups in total. The molecule has 0 spiro atoms. The summed E-state index contributed by atoms with van der Waals surface area (Å²) in [6, 6.07) is 9.29. The lowest BCUT2D eigenvalue weighted by Crippen LogP contribution is -2.38. The number of benzene rings is 1. The van der Waals surface area contributed by atoms with Crippen LogP contribution in [-0.2, 0) is 9.47 Å². The summed E-state index contributed by atoms with van der Waals surface area (Å²) in [5, 5.41) is 11.0. The topological polar surface area (TPSA) is 38.7 Å². The maximum atomic E-state index is 10.3. The van der Waals surface area contributed by atoms with Gasteiger partial charge in [0, 0.05) is 19.5 Å². The van der Waals surface area contributed by atoms with Gasteiger partial charge in [0.2, 0.25) is 5.79 Å². The van der Waals surface area contributed by atoms with Crippen molar-refractivity contribution in [2.24, 2.45) is 0 Å². The van der Waals surface area contributed by atoms with Crippen LogP contribution in [-0.4, -0.2) is 30.4 Å². The van der Waals surface area contributed by atoms with Crippen LogP contribution in [0.15, 0.2) is 42.5 Å². The number of allylic oxidation sites excluding steroid dienone is 1. The van der Waals surface area contributed by atoms with Crippen molar-refractivity contribution in [3.63, 3.8) is 0 Å². The fourth-order valence-corrected chi connectivity index (χ4v) is 1.80. The first-order valence-electron chi connectivity index (χ1n) is 5.27. The second kappa shape index (κ2) is 6.91. The molecule has 0 heterocycles. The lowest BCUT2D eigenvalue weighted by atomic mass is 10.0. The van der Waals surface area contributed by atoms with Crippen molar-refractivity contribution in [3.05, 3.63) is 48.0 Å². The minimum Gasteiger partial charge on any atom is -0.382 e. The van der Waals surface area contributed by atoms with Crippen molar-refractivity contribution in [3.8, 4) is 0 Å². The Balaban J connectivity index is 3.02. The highest BCUT2D eigenvalue weighted by Crippen LogP contribution is 2.31. The standard InChI is InChI=1S/C13H17BrO3/c1-16-13(17-2,9-6-10-14)12(15)11-7-4-3-5-8-11/h3-9,12,15H,10H2,1-2H3/b9-6+. The Morgan fingerprint density at radius 2 is 1.88 bits per heavy atom. The molecule has 17 heavy (non-hydrogen) atoms. The first-order valence-corrected chi connectivity index (χ1v) is 6.39. The smallest absolute Gasteiger partial charge is 0.218 e. The first kappa shape index (κ1) is 14.4. The summed E-state index contributed by atoms with van der Waals surface area (Å²) in [6.45, 7) is 0. The highest BCUT2D eigenvalue weighted by Gasteiger charge is 2.36. The van der Waals surface area contributed by atoms with Gasteiger partial charge in [-0.3, -0.25) is 0 Å². The van der Waals surface area contributed by atoms with Crippen LogP contribution in [0, 0.1) is 0 Å². The van der Waals surface area contributed by atoms with Gasteiger partial charge in [-0.05, 0) is 11.6 Å². The fraction of sp³-hybridized carbons (Fsp3) is 0.385. The van der Waals surface area contributed by atoms with Crippen LogP contribution in [0.25, 0.3) is 0 Å². The molecular formula is C13H17BrO3. The molecule has 1 atom stereocenters. The van der Waals surface area contributed by atoms with Gasteiger partial charge >= 0.3 is 0 Å². The van der Waals surface area contributed by atoms with E-state index in [2.05, 4.69) is 15.9 Å². The van der Waals surface area contributed by atoms with Gasteiger partial charge in [0.25, 0.3) is 0 Å². The van der Waals surface area contributed by atoms with E-state index in [1.807, 2.05) is 36.4 Å². The summed E-state index contributed by atoms with van der Waals surface area (Å²) in [5.74, 6) is -1.16. The number of hydrogen-bond donors (Lipinski definition) is 1. The normalized spacial score (nSPS) is 14.1. The third-order valence-electron chi connectivity index (χ3n) is 2.57. The largest absolute Gasteiger partial charge is 0.382 e. The Kier molecular flexibility index (Phi) is 5.85. The van der Waals surface area contributed by atoms with Crippen molar-refractivity contribution in [2.45, 2.75) is 11.9 Å². The van der Waals surface area contributed by atoms with Gasteiger partial charge in [0.1, 0.15) is 6.10 Å². The van der Waals surface area contributed by atoms with Crippen LogP contribution < -0.4 is 0 Å². The molecule has 0 amide bonds. The van der Waals surface area contributed by atoms with Gasteiger partial charge in [-0.2, -0.15) is 0 Å². The molecule has 1 rings (SSSR count). The summed E-state index contributed by atoms with van der Waals surface area (Å²) in [5.41, 5.74) is 0.746. The number of ether oxygens (including phenoxy) is 2. The van der Waals surface area contributed by atoms with Gasteiger partial charge < -0.3 is 14.6 Å². The lowest BCUT2D eigenvalue weighted by Gasteiger charge is -2.32. The maximum Gasteiger partial charge on any atom is 0.218 e. The maximum absolute atomic E-state index is 10.3. The number of aliphatic hydroxyl groups is 1. The van der Waals surface area contributed by atoms with Gasteiger partial charge in [-0.15, -0.1) is 0 Å². The van der Waals surface area contributed by atoms with Crippen molar-refractivity contribution >= 4 is 15.9 Å². The Morgan fingerprint density at radius 1 is 1.29 bits per heavy atom. The predicted octanol–water partition coefficient (Wildman–Crippen LogP) is 2.66. The Labute approximate surface area is 110 Å². The Bertz CT molecular complexity index is 347. The molecule has 0 aromatic heterocycles. The van der Waals surface area contributed by atoms with Crippen LogP contribution in [0.2, 0.25) is 0 Å². The van der Waals surface area contributed by atoms with E-state index in [1.54, 1.807) is 6.08 Å². The molecule has 4 heteroatoms. The summed E-state index contributed by atoms with van der Waals surface area (Å²) in [6.07, 6.45) is 2.66. The van der Waals surface area contributed by atoms with Crippen LogP contribution >= 0.6 is 15.9 Å². The van der Waals surface area contributed by atoms with Gasteiger partial charge in [-0.25, -0.2) is 0 Å². The molecule has 1 unspecified atom stereocenters. The van der Waals surface area contributed by atoms with Crippen LogP contribution in [0.1, 0.15) is 11.7 Å². The zero-order valence-electron chi connectivity index (χ0n) is 9.97. The molecule has 0 saturated heterocycles. The third kappa shape index (κ3) is 3.39. The lowest BCUT2D eigenvalue weighted by molar-refractivity contribution is -0.228. The molecule has 0 aliphatic heterocycles. The molecule has 0 aliphatic rings. The molecule has 0 radical (unpaired) electrons. The van der Waals surface area contributed by atoms with Crippen molar-refractivity contribution in [1.82, 2.24) is 0 Å². The Hall–Kier alpha value is -0.680. The van der Waals surface area contributed by atoms with E-state index in [4.69, 9.17) is 9.47 Å². The number of methoxy groups -OCH3 is 2. The van der Waals surface area contributed by atoms with Gasteiger partial charge in [-0.1, -0.05) is 52.3 Å². The van der Waals surface area contributed by atoms with Crippen LogP contribution in [0.3, 0.4) is 0 Å². The summed E-state index contributed by atoms with van der Waals surface area (Å²) in [7, 11) is 3.02. The van der Waals surface area contributed by atoms with Gasteiger partial charge in [0.15, 0.2) is 0 Å². The second-order valence-electron chi connectivity index (χ2n) is 3.50. The second-order valence-corrected chi connectivity index (χ2v) is 4.15. The highest BCUT2D eigenvalue weighted by molar-refractivity contribution is 9.09. The average Bonchev–Trinajstić information content (AvgIpc) is 2.41. The Morgan fingerprint density at radius 3 is 2.35 bits per heavy atom. The fourth-order valence-electron chi connectivity index (χ4n) is 1.61. The number of halogens is 1. The molecule has 0 aliphatic carbocycles. The van der Waals surface area contributed by atoms with E-state index >= 15 is 0 Å². The molecule has 3 nitrogen and oxygen atoms in total. The van der Waals surface area contributed by atoms with E-state index in [0.717, 1.165) is 5.56 Å². The van der Waals surface area contributed by atoms with E-state index in [-0.39, 0.29) is 0 Å². The molecule has 0 fully saturated rings. The predicted molar refractivity (Wildman–Crippen MR) is 71.1 cm³/mol. The molecule has 0 saturated carbocycles. The minimum absolute atomic E-state index is 0.670. The summed E-state index contributed by atoms with van der Waals surface area (Å²) >= 11 is 3.29. The highest BCUT2D eigenvalue weighted by atomic mass is 79.9. The molecular weight excluding hydrogens is 284 g/mol. The molecule has 94 valence electrons. The van der Waals surface area contributed by atoms with Crippen molar-refractivity contribution in [2.75, 3.05) is 19.5 Å². The average molecular weight is 301 g/mol. The van der Waals surface area contributed by atoms with Gasteiger partial charge in [0.05, 0.1) is 0 Å². The van der Waals surface area contributed by atoms with Crippen LogP contribution in [0.5, 0.6) is 0 Å². The van der Waals surface area contributed by atoms with E-state index in [0.29, 0.717) is 5.33 Å². The number of alkyl halides is 1. The summed E-state index contributed by atoms with van der Waals surface area (Å²) < 4.78 is 10.7. The zero-order chi connectivity index (χ0) is 12.7. The summed E-state index contributed by atoms with van der Waals surface area (Å²) in [4.78, 5) is 0. The molecule has 0 bridgehead atoms. The molecule has 1 aromatic carbocycles. The van der Waals surface area contributed by atoms with Crippen LogP contribution in [0.4, 0.5) is 0 Å². The molecule has 1 aromatic rings. The zero-order valence-corrected chi connectivity index (χ0v) is 11.6. The van der Waals surface area contributed by atoms with E-state index in [1.165, 1.54) is 14.2 Å². The minimum atomic E-state index is -1.16.